The number of rotatable bonds is 9. The molecule has 0 fully saturated rings. The van der Waals surface area contributed by atoms with Gasteiger partial charge in [-0.1, -0.05) is 128 Å². The first-order valence-electron chi connectivity index (χ1n) is 34.6. The van der Waals surface area contributed by atoms with Gasteiger partial charge < -0.3 is 24.2 Å². The van der Waals surface area contributed by atoms with E-state index in [0.717, 1.165) is 108 Å². The van der Waals surface area contributed by atoms with E-state index in [1.165, 1.54) is 136 Å². The summed E-state index contributed by atoms with van der Waals surface area (Å²) >= 11 is 5.07. The van der Waals surface area contributed by atoms with Crippen LogP contribution in [-0.2, 0) is 74.7 Å². The van der Waals surface area contributed by atoms with Crippen molar-refractivity contribution in [3.8, 4) is 65.1 Å². The van der Waals surface area contributed by atoms with Gasteiger partial charge in [-0.15, -0.1) is 123 Å². The number of pyridine rings is 4. The minimum absolute atomic E-state index is 0. The van der Waals surface area contributed by atoms with Crippen LogP contribution in [0.5, 0.6) is 0 Å². The molecule has 3 N–H and O–H groups in total. The third-order valence-electron chi connectivity index (χ3n) is 17.0. The minimum Gasteiger partial charge on any atom is -0.512 e. The number of aryl methyl sites for hydroxylation is 5. The summed E-state index contributed by atoms with van der Waals surface area (Å²) in [7, 11) is 0. The van der Waals surface area contributed by atoms with Crippen LogP contribution in [0.15, 0.2) is 257 Å². The van der Waals surface area contributed by atoms with E-state index in [9.17, 15) is 18.8 Å². The SMILES string of the molecule is CC(=O)C=C(C)O.CC(=O)C=C(C)O.CC(=O)C=C(C)O.Cc1[c-]c(-c2ccc3cc(-c4ccc5ccccc5c4)sc3n2)cc(C)c1.Cc1cc2c(oc3ccccc32)c(C)c1-c1cc2ccc(-c3[c-]cccc3)nc2s1.Cc1ccc2c(n1)oc1c(-c3ccc4cc(-c5ccc(F)cc5)sc4n3)[c-]ccc12.[Ir].[Ir].[Ir]. The predicted molar refractivity (Wildman–Crippen MR) is 443 cm³/mol. The number of carbonyl (C=O) groups excluding carboxylic acids is 3. The first-order chi connectivity index (χ1) is 51.9. The number of fused-ring (bicyclic) bond motifs is 10. The summed E-state index contributed by atoms with van der Waals surface area (Å²) in [5, 5.41) is 35.4. The second-order valence-corrected chi connectivity index (χ2v) is 29.2. The molecular weight excluding hydrogens is 1980 g/mol. The number of hydrogen-bond acceptors (Lipinski definition) is 15. The molecule has 17 rings (SSSR count). The van der Waals surface area contributed by atoms with Gasteiger partial charge in [0, 0.05) is 142 Å². The maximum absolute atomic E-state index is 13.2. The molecule has 0 saturated carbocycles. The Bertz CT molecular complexity index is 6260. The molecule has 565 valence electrons. The molecule has 0 aliphatic rings. The smallest absolute Gasteiger partial charge is 0.216 e. The number of furan rings is 2. The van der Waals surface area contributed by atoms with Gasteiger partial charge in [-0.3, -0.25) is 29.3 Å². The number of ketones is 3. The second kappa shape index (κ2) is 38.0. The Morgan fingerprint density at radius 2 is 0.964 bits per heavy atom. The van der Waals surface area contributed by atoms with E-state index in [1.54, 1.807) is 46.1 Å². The molecule has 0 aliphatic heterocycles. The van der Waals surface area contributed by atoms with Gasteiger partial charge in [0.2, 0.25) is 5.71 Å². The average Bonchev–Trinajstić information content (AvgIpc) is 1.61. The van der Waals surface area contributed by atoms with Crippen molar-refractivity contribution >= 4 is 137 Å². The molecule has 0 bridgehead atoms. The van der Waals surface area contributed by atoms with Crippen molar-refractivity contribution in [1.29, 1.82) is 0 Å². The predicted octanol–water partition coefficient (Wildman–Crippen LogP) is 25.4. The van der Waals surface area contributed by atoms with E-state index < -0.39 is 0 Å². The number of halogens is 1. The van der Waals surface area contributed by atoms with Crippen LogP contribution in [-0.4, -0.2) is 52.6 Å². The van der Waals surface area contributed by atoms with Crippen molar-refractivity contribution in [1.82, 2.24) is 19.9 Å². The first-order valence-corrected chi connectivity index (χ1v) is 37.0. The van der Waals surface area contributed by atoms with Crippen LogP contribution in [0, 0.1) is 58.6 Å². The molecule has 0 saturated heterocycles. The first kappa shape index (κ1) is 84.6. The molecule has 0 atom stereocenters. The number of benzene rings is 8. The van der Waals surface area contributed by atoms with Gasteiger partial charge in [0.25, 0.3) is 0 Å². The molecule has 0 aliphatic carbocycles. The molecule has 19 heteroatoms. The molecule has 9 aromatic heterocycles. The van der Waals surface area contributed by atoms with Gasteiger partial charge in [-0.05, 0) is 168 Å². The zero-order valence-corrected chi connectivity index (χ0v) is 71.8. The number of aliphatic hydroxyl groups excluding tert-OH is 3. The summed E-state index contributed by atoms with van der Waals surface area (Å²) in [5.74, 6) is -0.424. The number of thiophene rings is 3. The fourth-order valence-corrected chi connectivity index (χ4v) is 15.8. The summed E-state index contributed by atoms with van der Waals surface area (Å²) in [6.07, 6.45) is 3.50. The summed E-state index contributed by atoms with van der Waals surface area (Å²) in [6, 6.07) is 81.5. The number of carbonyl (C=O) groups is 3. The van der Waals surface area contributed by atoms with Crippen LogP contribution in [0.25, 0.3) is 151 Å². The minimum atomic E-state index is -0.237. The topological polar surface area (TPSA) is 190 Å². The normalized spacial score (nSPS) is 11.2. The zero-order valence-electron chi connectivity index (χ0n) is 62.2. The Labute approximate surface area is 694 Å². The molecule has 12 nitrogen and oxygen atoms in total. The van der Waals surface area contributed by atoms with Gasteiger partial charge in [-0.25, -0.2) is 9.37 Å². The van der Waals surface area contributed by atoms with Crippen molar-refractivity contribution in [3.05, 3.63) is 300 Å². The van der Waals surface area contributed by atoms with Crippen molar-refractivity contribution in [3.63, 3.8) is 0 Å². The van der Waals surface area contributed by atoms with Crippen molar-refractivity contribution in [2.45, 2.75) is 76.2 Å². The fourth-order valence-electron chi connectivity index (χ4n) is 12.5. The van der Waals surface area contributed by atoms with Gasteiger partial charge in [0.15, 0.2) is 17.3 Å². The molecular formula is C92H74FIr3N4O8S3-3. The Morgan fingerprint density at radius 3 is 1.55 bits per heavy atom. The quantitative estimate of drug-likeness (QED) is 0.0705. The molecule has 17 aromatic rings. The molecule has 0 spiro atoms. The Kier molecular flexibility index (Phi) is 29.0. The van der Waals surface area contributed by atoms with Crippen LogP contribution < -0.4 is 0 Å². The van der Waals surface area contributed by atoms with Gasteiger partial charge in [0.05, 0.1) is 22.9 Å². The molecule has 0 unspecified atom stereocenters. The van der Waals surface area contributed by atoms with E-state index in [1.807, 2.05) is 73.7 Å². The summed E-state index contributed by atoms with van der Waals surface area (Å²) < 4.78 is 25.6. The number of hydrogen-bond donors (Lipinski definition) is 3. The summed E-state index contributed by atoms with van der Waals surface area (Å²) in [4.78, 5) is 55.9. The van der Waals surface area contributed by atoms with Crippen LogP contribution >= 0.6 is 34.0 Å². The second-order valence-electron chi connectivity index (χ2n) is 26.1. The van der Waals surface area contributed by atoms with E-state index in [4.69, 9.17) is 39.1 Å². The Hall–Kier alpha value is -10.4. The zero-order chi connectivity index (χ0) is 76.4. The van der Waals surface area contributed by atoms with Crippen molar-refractivity contribution in [2.75, 3.05) is 0 Å². The Morgan fingerprint density at radius 1 is 0.432 bits per heavy atom. The van der Waals surface area contributed by atoms with E-state index in [0.29, 0.717) is 5.71 Å². The van der Waals surface area contributed by atoms with Crippen LogP contribution in [0.3, 0.4) is 0 Å². The van der Waals surface area contributed by atoms with Gasteiger partial charge in [-0.2, -0.15) is 0 Å². The summed E-state index contributed by atoms with van der Waals surface area (Å²) in [5.41, 5.74) is 18.2. The maximum atomic E-state index is 13.2. The fraction of sp³-hybridized carbons (Fsp3) is 0.120. The third-order valence-corrected chi connectivity index (χ3v) is 20.3. The van der Waals surface area contributed by atoms with Crippen molar-refractivity contribution in [2.24, 2.45) is 0 Å². The molecule has 8 aromatic carbocycles. The van der Waals surface area contributed by atoms with E-state index in [2.05, 4.69) is 172 Å². The summed E-state index contributed by atoms with van der Waals surface area (Å²) in [6.45, 7) is 19.0. The number of aromatic nitrogens is 4. The molecule has 111 heavy (non-hydrogen) atoms. The largest absolute Gasteiger partial charge is 0.512 e. The molecule has 0 amide bonds. The molecule has 3 radical (unpaired) electrons. The maximum Gasteiger partial charge on any atom is 0.216 e. The number of aliphatic hydroxyl groups is 3. The van der Waals surface area contributed by atoms with Gasteiger partial charge >= 0.3 is 0 Å². The van der Waals surface area contributed by atoms with E-state index in [-0.39, 0.29) is 101 Å². The Balaban J connectivity index is 0.000000167. The standard InChI is InChI=1S/C27H18NOS.C25H14FN2OS.C25H18NS.3C5H8O2.3Ir/c1-16-14-21-20-10-6-7-11-23(20)29-26(21)17(2)25(16)24-15-19-12-13-22(28-27(19)30-24)18-8-4-3-5-9-18;1-14-5-11-19-18-3-2-4-20(23(18)29-24(19)27-14)21-12-8-16-13-22(30-25(16)28-21)15-6-9-17(26)10-7-15;1-16-11-17(2)13-22(12-16)23-10-9-21-15-24(27-25(21)26-23)20-8-7-18-5-3-4-6-19(18)14-20;3*1-4(6)3-5(2)7;;;/h3-8,10-15H,1-2H3;2-3,5-13H,1H3;3-12,14-15H,1-2H3;3*3,6H,1-2H3;;;/q3*-1;;;;;;. The monoisotopic (exact) mass is 2060 g/mol. The van der Waals surface area contributed by atoms with Crippen LogP contribution in [0.2, 0.25) is 0 Å². The number of allylic oxidation sites excluding steroid dienone is 6. The van der Waals surface area contributed by atoms with Gasteiger partial charge in [0.1, 0.15) is 31.5 Å². The van der Waals surface area contributed by atoms with E-state index >= 15 is 0 Å². The number of nitrogens with zero attached hydrogens (tertiary/aromatic N) is 4. The average molecular weight is 2060 g/mol. The molecule has 9 heterocycles. The van der Waals surface area contributed by atoms with Crippen LogP contribution in [0.1, 0.15) is 69.5 Å². The number of para-hydroxylation sites is 1. The van der Waals surface area contributed by atoms with Crippen molar-refractivity contribution < 1.29 is 103 Å². The van der Waals surface area contributed by atoms with Crippen LogP contribution in [0.4, 0.5) is 4.39 Å². The third kappa shape index (κ3) is 21.0.